The van der Waals surface area contributed by atoms with Crippen molar-refractivity contribution in [1.29, 1.82) is 0 Å². The quantitative estimate of drug-likeness (QED) is 0.618. The lowest BCUT2D eigenvalue weighted by molar-refractivity contribution is -0.122. The fourth-order valence-electron chi connectivity index (χ4n) is 1.12. The van der Waals surface area contributed by atoms with Gasteiger partial charge in [-0.25, -0.2) is 0 Å². The first-order valence-corrected chi connectivity index (χ1v) is 4.32. The van der Waals surface area contributed by atoms with Gasteiger partial charge in [-0.3, -0.25) is 4.79 Å². The largest absolute Gasteiger partial charge is 0.353 e. The highest BCUT2D eigenvalue weighted by Crippen LogP contribution is 2.17. The molecule has 0 atom stereocenters. The zero-order chi connectivity index (χ0) is 8.10. The number of carbonyl (C=O) groups excluding carboxylic acids is 1. The molecule has 3 heteroatoms. The summed E-state index contributed by atoms with van der Waals surface area (Å²) in [5.41, 5.74) is 5.27. The molecular formula is C8H16N2O. The third-order valence-corrected chi connectivity index (χ3v) is 2.08. The molecular weight excluding hydrogens is 140 g/mol. The normalized spacial score (nSPS) is 17.5. The van der Waals surface area contributed by atoms with E-state index in [0.29, 0.717) is 19.0 Å². The Hall–Kier alpha value is -0.570. The van der Waals surface area contributed by atoms with Gasteiger partial charge in [-0.2, -0.15) is 0 Å². The zero-order valence-electron chi connectivity index (χ0n) is 6.81. The van der Waals surface area contributed by atoms with E-state index in [1.807, 2.05) is 0 Å². The van der Waals surface area contributed by atoms with Gasteiger partial charge in [0.25, 0.3) is 0 Å². The first-order valence-electron chi connectivity index (χ1n) is 4.32. The maximum atomic E-state index is 11.0. The molecule has 0 aliphatic heterocycles. The Morgan fingerprint density at radius 2 is 2.27 bits per heavy atom. The molecule has 1 aliphatic rings. The van der Waals surface area contributed by atoms with Crippen LogP contribution in [-0.2, 0) is 4.79 Å². The number of nitrogens with one attached hydrogen (secondary N) is 1. The van der Waals surface area contributed by atoms with E-state index < -0.39 is 0 Å². The van der Waals surface area contributed by atoms with E-state index >= 15 is 0 Å². The van der Waals surface area contributed by atoms with Gasteiger partial charge in [0.1, 0.15) is 0 Å². The van der Waals surface area contributed by atoms with Crippen molar-refractivity contribution in [3.8, 4) is 0 Å². The van der Waals surface area contributed by atoms with Gasteiger partial charge in [-0.1, -0.05) is 0 Å². The maximum Gasteiger partial charge on any atom is 0.220 e. The second-order valence-electron chi connectivity index (χ2n) is 3.09. The summed E-state index contributed by atoms with van der Waals surface area (Å²) in [4.78, 5) is 11.0. The molecule has 3 N–H and O–H groups in total. The van der Waals surface area contributed by atoms with E-state index in [9.17, 15) is 4.79 Å². The SMILES string of the molecule is NCCCC(=O)NC1CCC1. The van der Waals surface area contributed by atoms with Gasteiger partial charge < -0.3 is 11.1 Å². The van der Waals surface area contributed by atoms with E-state index in [4.69, 9.17) is 5.73 Å². The van der Waals surface area contributed by atoms with Crippen LogP contribution in [0, 0.1) is 0 Å². The summed E-state index contributed by atoms with van der Waals surface area (Å²) in [7, 11) is 0. The third kappa shape index (κ3) is 2.89. The van der Waals surface area contributed by atoms with Crippen molar-refractivity contribution in [3.63, 3.8) is 0 Å². The average Bonchev–Trinajstić information content (AvgIpc) is 1.93. The Morgan fingerprint density at radius 1 is 1.55 bits per heavy atom. The summed E-state index contributed by atoms with van der Waals surface area (Å²) < 4.78 is 0. The number of rotatable bonds is 4. The fourth-order valence-corrected chi connectivity index (χ4v) is 1.12. The molecule has 1 aliphatic carbocycles. The molecule has 0 bridgehead atoms. The first kappa shape index (κ1) is 8.53. The molecule has 0 aromatic carbocycles. The minimum absolute atomic E-state index is 0.167. The van der Waals surface area contributed by atoms with Crippen LogP contribution in [0.15, 0.2) is 0 Å². The van der Waals surface area contributed by atoms with Crippen LogP contribution in [0.3, 0.4) is 0 Å². The Kier molecular flexibility index (Phi) is 3.36. The summed E-state index contributed by atoms with van der Waals surface area (Å²) in [6, 6.07) is 0.472. The van der Waals surface area contributed by atoms with Crippen LogP contribution in [0.1, 0.15) is 32.1 Å². The minimum atomic E-state index is 0.167. The van der Waals surface area contributed by atoms with Crippen molar-refractivity contribution in [3.05, 3.63) is 0 Å². The number of nitrogens with two attached hydrogens (primary N) is 1. The van der Waals surface area contributed by atoms with Crippen LogP contribution < -0.4 is 11.1 Å². The molecule has 1 fully saturated rings. The van der Waals surface area contributed by atoms with E-state index in [2.05, 4.69) is 5.32 Å². The number of hydrogen-bond donors (Lipinski definition) is 2. The van der Waals surface area contributed by atoms with Crippen LogP contribution >= 0.6 is 0 Å². The molecule has 1 rings (SSSR count). The van der Waals surface area contributed by atoms with Crippen molar-refractivity contribution in [2.45, 2.75) is 38.1 Å². The Labute approximate surface area is 67.3 Å². The monoisotopic (exact) mass is 156 g/mol. The van der Waals surface area contributed by atoms with Crippen molar-refractivity contribution < 1.29 is 4.79 Å². The smallest absolute Gasteiger partial charge is 0.220 e. The second-order valence-corrected chi connectivity index (χ2v) is 3.09. The van der Waals surface area contributed by atoms with Gasteiger partial charge in [-0.05, 0) is 32.2 Å². The molecule has 11 heavy (non-hydrogen) atoms. The summed E-state index contributed by atoms with van der Waals surface area (Å²) >= 11 is 0. The van der Waals surface area contributed by atoms with Crippen molar-refractivity contribution in [2.75, 3.05) is 6.54 Å². The van der Waals surface area contributed by atoms with Gasteiger partial charge in [0.05, 0.1) is 0 Å². The third-order valence-electron chi connectivity index (χ3n) is 2.08. The Balaban J connectivity index is 2.00. The maximum absolute atomic E-state index is 11.0. The first-order chi connectivity index (χ1) is 5.33. The zero-order valence-corrected chi connectivity index (χ0v) is 6.81. The van der Waals surface area contributed by atoms with Crippen molar-refractivity contribution >= 4 is 5.91 Å². The molecule has 1 amide bonds. The number of amides is 1. The highest BCUT2D eigenvalue weighted by atomic mass is 16.1. The molecule has 1 saturated carbocycles. The molecule has 0 unspecified atom stereocenters. The van der Waals surface area contributed by atoms with Crippen molar-refractivity contribution in [1.82, 2.24) is 5.32 Å². The highest BCUT2D eigenvalue weighted by molar-refractivity contribution is 5.76. The minimum Gasteiger partial charge on any atom is -0.353 e. The highest BCUT2D eigenvalue weighted by Gasteiger charge is 2.18. The summed E-state index contributed by atoms with van der Waals surface area (Å²) in [5, 5.41) is 2.96. The Morgan fingerprint density at radius 3 is 2.73 bits per heavy atom. The van der Waals surface area contributed by atoms with Gasteiger partial charge >= 0.3 is 0 Å². The molecule has 0 saturated heterocycles. The summed E-state index contributed by atoms with van der Waals surface area (Å²) in [5.74, 6) is 0.167. The van der Waals surface area contributed by atoms with Crippen LogP contribution in [0.4, 0.5) is 0 Å². The predicted molar refractivity (Wildman–Crippen MR) is 44.1 cm³/mol. The predicted octanol–water partition coefficient (Wildman–Crippen LogP) is 0.394. The van der Waals surface area contributed by atoms with E-state index in [-0.39, 0.29) is 5.91 Å². The summed E-state index contributed by atoms with van der Waals surface area (Å²) in [6.45, 7) is 0.609. The standard InChI is InChI=1S/C8H16N2O/c9-6-2-5-8(11)10-7-3-1-4-7/h7H,1-6,9H2,(H,10,11). The lowest BCUT2D eigenvalue weighted by Crippen LogP contribution is -2.39. The lowest BCUT2D eigenvalue weighted by atomic mass is 9.93. The summed E-state index contributed by atoms with van der Waals surface area (Å²) in [6.07, 6.45) is 4.98. The number of carbonyl (C=O) groups is 1. The van der Waals surface area contributed by atoms with Crippen LogP contribution in [0.2, 0.25) is 0 Å². The molecule has 0 spiro atoms. The van der Waals surface area contributed by atoms with Crippen LogP contribution in [0.5, 0.6) is 0 Å². The van der Waals surface area contributed by atoms with Gasteiger partial charge in [0.15, 0.2) is 0 Å². The van der Waals surface area contributed by atoms with E-state index in [0.717, 1.165) is 19.3 Å². The van der Waals surface area contributed by atoms with Crippen LogP contribution in [-0.4, -0.2) is 18.5 Å². The van der Waals surface area contributed by atoms with Crippen molar-refractivity contribution in [2.24, 2.45) is 5.73 Å². The van der Waals surface area contributed by atoms with Gasteiger partial charge in [0.2, 0.25) is 5.91 Å². The molecule has 64 valence electrons. The molecule has 0 radical (unpaired) electrons. The Bertz CT molecular complexity index is 132. The van der Waals surface area contributed by atoms with E-state index in [1.165, 1.54) is 6.42 Å². The molecule has 0 heterocycles. The molecule has 0 aromatic rings. The number of hydrogen-bond acceptors (Lipinski definition) is 2. The fraction of sp³-hybridized carbons (Fsp3) is 0.875. The van der Waals surface area contributed by atoms with E-state index in [1.54, 1.807) is 0 Å². The average molecular weight is 156 g/mol. The van der Waals surface area contributed by atoms with Crippen LogP contribution in [0.25, 0.3) is 0 Å². The topological polar surface area (TPSA) is 55.1 Å². The van der Waals surface area contributed by atoms with Gasteiger partial charge in [0, 0.05) is 12.5 Å². The molecule has 3 nitrogen and oxygen atoms in total. The lowest BCUT2D eigenvalue weighted by Gasteiger charge is -2.26. The van der Waals surface area contributed by atoms with Gasteiger partial charge in [-0.15, -0.1) is 0 Å². The molecule has 0 aromatic heterocycles. The second kappa shape index (κ2) is 4.34.